The van der Waals surface area contributed by atoms with Crippen LogP contribution >= 0.6 is 0 Å². The minimum atomic E-state index is -0.321. The molecule has 18 heavy (non-hydrogen) atoms. The van der Waals surface area contributed by atoms with E-state index in [2.05, 4.69) is 0 Å². The first-order valence-corrected chi connectivity index (χ1v) is 5.34. The highest BCUT2D eigenvalue weighted by Crippen LogP contribution is 2.31. The number of nitriles is 1. The van der Waals surface area contributed by atoms with Gasteiger partial charge in [0, 0.05) is 0 Å². The van der Waals surface area contributed by atoms with E-state index in [1.165, 1.54) is 18.2 Å². The van der Waals surface area contributed by atoms with Crippen molar-refractivity contribution >= 4 is 5.69 Å². The first-order valence-electron chi connectivity index (χ1n) is 5.34. The molecule has 0 amide bonds. The summed E-state index contributed by atoms with van der Waals surface area (Å²) in [5, 5.41) is 8.86. The number of halogens is 1. The summed E-state index contributed by atoms with van der Waals surface area (Å²) in [5.74, 6) is 0.584. The average Bonchev–Trinajstić information content (AvgIpc) is 2.35. The molecule has 0 aliphatic rings. The molecule has 0 atom stereocenters. The quantitative estimate of drug-likeness (QED) is 0.821. The number of hydrogen-bond donors (Lipinski definition) is 1. The van der Waals surface area contributed by atoms with Crippen molar-refractivity contribution in [2.24, 2.45) is 0 Å². The summed E-state index contributed by atoms with van der Waals surface area (Å²) in [6.07, 6.45) is 0. The van der Waals surface area contributed by atoms with Gasteiger partial charge in [-0.3, -0.25) is 0 Å². The van der Waals surface area contributed by atoms with Crippen LogP contribution in [-0.4, -0.2) is 0 Å². The van der Waals surface area contributed by atoms with E-state index in [0.717, 1.165) is 0 Å². The Bertz CT molecular complexity index is 632. The van der Waals surface area contributed by atoms with Crippen molar-refractivity contribution in [3.63, 3.8) is 0 Å². The second-order valence-electron chi connectivity index (χ2n) is 3.84. The van der Waals surface area contributed by atoms with Gasteiger partial charge in [-0.05, 0) is 42.8 Å². The van der Waals surface area contributed by atoms with Crippen LogP contribution in [0.3, 0.4) is 0 Å². The molecule has 2 aromatic carbocycles. The SMILES string of the molecule is Cc1cc(F)ccc1Oc1cccc(C#N)c1N. The number of ether oxygens (including phenoxy) is 1. The molecule has 2 N–H and O–H groups in total. The minimum absolute atomic E-state index is 0.281. The normalized spacial score (nSPS) is 9.83. The number of nitrogen functional groups attached to an aromatic ring is 1. The number of aryl methyl sites for hydroxylation is 1. The molecule has 90 valence electrons. The molecule has 0 saturated carbocycles. The van der Waals surface area contributed by atoms with Gasteiger partial charge in [0.2, 0.25) is 0 Å². The van der Waals surface area contributed by atoms with Crippen molar-refractivity contribution in [3.05, 3.63) is 53.3 Å². The molecule has 0 heterocycles. The summed E-state index contributed by atoms with van der Waals surface area (Å²) in [5.41, 5.74) is 7.10. The number of nitrogens with zero attached hydrogens (tertiary/aromatic N) is 1. The summed E-state index contributed by atoms with van der Waals surface area (Å²) in [7, 11) is 0. The molecule has 0 bridgehead atoms. The van der Waals surface area contributed by atoms with Crippen LogP contribution in [-0.2, 0) is 0 Å². The maximum absolute atomic E-state index is 13.0. The van der Waals surface area contributed by atoms with Crippen LogP contribution in [0, 0.1) is 24.1 Å². The molecule has 0 aliphatic carbocycles. The summed E-state index contributed by atoms with van der Waals surface area (Å²) in [6, 6.07) is 11.2. The molecule has 0 spiro atoms. The third-order valence-electron chi connectivity index (χ3n) is 2.54. The van der Waals surface area contributed by atoms with Crippen LogP contribution in [0.4, 0.5) is 10.1 Å². The monoisotopic (exact) mass is 242 g/mol. The summed E-state index contributed by atoms with van der Waals surface area (Å²) in [4.78, 5) is 0. The average molecular weight is 242 g/mol. The molecule has 0 saturated heterocycles. The molecule has 4 heteroatoms. The molecule has 2 rings (SSSR count). The van der Waals surface area contributed by atoms with Crippen LogP contribution in [0.25, 0.3) is 0 Å². The van der Waals surface area contributed by atoms with E-state index in [1.54, 1.807) is 25.1 Å². The molecular formula is C14H11FN2O. The maximum Gasteiger partial charge on any atom is 0.151 e. The predicted molar refractivity (Wildman–Crippen MR) is 66.8 cm³/mol. The summed E-state index contributed by atoms with van der Waals surface area (Å²) >= 11 is 0. The lowest BCUT2D eigenvalue weighted by atomic mass is 10.2. The highest BCUT2D eigenvalue weighted by molar-refractivity contribution is 5.64. The Labute approximate surface area is 104 Å². The van der Waals surface area contributed by atoms with E-state index < -0.39 is 0 Å². The number of hydrogen-bond acceptors (Lipinski definition) is 3. The Balaban J connectivity index is 2.38. The standard InChI is InChI=1S/C14H11FN2O/c1-9-7-11(15)5-6-12(9)18-13-4-2-3-10(8-16)14(13)17/h2-7H,17H2,1H3. The van der Waals surface area contributed by atoms with Gasteiger partial charge in [0.05, 0.1) is 11.3 Å². The number of benzene rings is 2. The smallest absolute Gasteiger partial charge is 0.151 e. The molecule has 2 aromatic rings. The Morgan fingerprint density at radius 1 is 1.22 bits per heavy atom. The third kappa shape index (κ3) is 2.25. The van der Waals surface area contributed by atoms with Gasteiger partial charge in [0.1, 0.15) is 17.6 Å². The number of nitrogens with two attached hydrogens (primary N) is 1. The molecular weight excluding hydrogens is 231 g/mol. The van der Waals surface area contributed by atoms with Gasteiger partial charge in [0.15, 0.2) is 5.75 Å². The van der Waals surface area contributed by atoms with Crippen molar-refractivity contribution in [1.29, 1.82) is 5.26 Å². The van der Waals surface area contributed by atoms with Gasteiger partial charge in [-0.2, -0.15) is 5.26 Å². The highest BCUT2D eigenvalue weighted by atomic mass is 19.1. The van der Waals surface area contributed by atoms with Gasteiger partial charge < -0.3 is 10.5 Å². The zero-order chi connectivity index (χ0) is 13.1. The first kappa shape index (κ1) is 11.9. The fourth-order valence-corrected chi connectivity index (χ4v) is 1.58. The minimum Gasteiger partial charge on any atom is -0.455 e. The predicted octanol–water partition coefficient (Wildman–Crippen LogP) is 3.38. The zero-order valence-corrected chi connectivity index (χ0v) is 9.77. The van der Waals surface area contributed by atoms with Gasteiger partial charge in [-0.25, -0.2) is 4.39 Å². The summed E-state index contributed by atoms with van der Waals surface area (Å²) in [6.45, 7) is 1.74. The fourth-order valence-electron chi connectivity index (χ4n) is 1.58. The van der Waals surface area contributed by atoms with E-state index in [0.29, 0.717) is 22.6 Å². The maximum atomic E-state index is 13.0. The Kier molecular flexibility index (Phi) is 3.16. The Morgan fingerprint density at radius 2 is 2.00 bits per heavy atom. The van der Waals surface area contributed by atoms with Crippen LogP contribution in [0.1, 0.15) is 11.1 Å². The lowest BCUT2D eigenvalue weighted by Gasteiger charge is -2.11. The molecule has 3 nitrogen and oxygen atoms in total. The van der Waals surface area contributed by atoms with E-state index in [1.807, 2.05) is 6.07 Å². The van der Waals surface area contributed by atoms with Gasteiger partial charge in [-0.15, -0.1) is 0 Å². The van der Waals surface area contributed by atoms with Crippen molar-refractivity contribution in [1.82, 2.24) is 0 Å². The molecule has 0 fully saturated rings. The van der Waals surface area contributed by atoms with Gasteiger partial charge in [-0.1, -0.05) is 6.07 Å². The van der Waals surface area contributed by atoms with Gasteiger partial charge in [0.25, 0.3) is 0 Å². The largest absolute Gasteiger partial charge is 0.455 e. The fraction of sp³-hybridized carbons (Fsp3) is 0.0714. The molecule has 0 radical (unpaired) electrons. The van der Waals surface area contributed by atoms with Gasteiger partial charge >= 0.3 is 0 Å². The van der Waals surface area contributed by atoms with Crippen LogP contribution in [0.5, 0.6) is 11.5 Å². The van der Waals surface area contributed by atoms with Crippen molar-refractivity contribution in [2.45, 2.75) is 6.92 Å². The zero-order valence-electron chi connectivity index (χ0n) is 9.77. The molecule has 0 aliphatic heterocycles. The Hall–Kier alpha value is -2.54. The topological polar surface area (TPSA) is 59.0 Å². The number of anilines is 1. The highest BCUT2D eigenvalue weighted by Gasteiger charge is 2.08. The molecule has 0 unspecified atom stereocenters. The second-order valence-corrected chi connectivity index (χ2v) is 3.84. The van der Waals surface area contributed by atoms with E-state index in [-0.39, 0.29) is 11.5 Å². The van der Waals surface area contributed by atoms with E-state index >= 15 is 0 Å². The summed E-state index contributed by atoms with van der Waals surface area (Å²) < 4.78 is 18.6. The first-order chi connectivity index (χ1) is 8.61. The van der Waals surface area contributed by atoms with Crippen LogP contribution in [0.2, 0.25) is 0 Å². The number of rotatable bonds is 2. The lowest BCUT2D eigenvalue weighted by molar-refractivity contribution is 0.478. The Morgan fingerprint density at radius 3 is 2.67 bits per heavy atom. The number of para-hydroxylation sites is 1. The van der Waals surface area contributed by atoms with Crippen molar-refractivity contribution in [2.75, 3.05) is 5.73 Å². The van der Waals surface area contributed by atoms with Crippen molar-refractivity contribution < 1.29 is 9.13 Å². The van der Waals surface area contributed by atoms with Crippen molar-refractivity contribution in [3.8, 4) is 17.6 Å². The van der Waals surface area contributed by atoms with E-state index in [9.17, 15) is 4.39 Å². The second kappa shape index (κ2) is 4.76. The molecule has 0 aromatic heterocycles. The van der Waals surface area contributed by atoms with Crippen LogP contribution in [0.15, 0.2) is 36.4 Å². The lowest BCUT2D eigenvalue weighted by Crippen LogP contribution is -1.96. The van der Waals surface area contributed by atoms with E-state index in [4.69, 9.17) is 15.7 Å². The third-order valence-corrected chi connectivity index (χ3v) is 2.54. The van der Waals surface area contributed by atoms with Crippen LogP contribution < -0.4 is 10.5 Å².